The van der Waals surface area contributed by atoms with Crippen LogP contribution in [0.1, 0.15) is 143 Å². The zero-order valence-electron chi connectivity index (χ0n) is 26.3. The van der Waals surface area contributed by atoms with Gasteiger partial charge in [0, 0.05) is 6.42 Å². The van der Waals surface area contributed by atoms with Crippen LogP contribution in [0.5, 0.6) is 11.5 Å². The fraction of sp³-hybridized carbons (Fsp3) is 0.636. The molecule has 0 fully saturated rings. The molecule has 1 aliphatic rings. The zero-order chi connectivity index (χ0) is 28.6. The Bertz CT molecular complexity index is 988. The first-order valence-electron chi connectivity index (χ1n) is 14.1. The van der Waals surface area contributed by atoms with Gasteiger partial charge >= 0.3 is 7.32 Å². The van der Waals surface area contributed by atoms with Crippen molar-refractivity contribution < 1.29 is 14.3 Å². The molecule has 1 N–H and O–H groups in total. The van der Waals surface area contributed by atoms with Crippen LogP contribution in [0.4, 0.5) is 0 Å². The van der Waals surface area contributed by atoms with Crippen molar-refractivity contribution in [1.29, 1.82) is 0 Å². The van der Waals surface area contributed by atoms with Crippen molar-refractivity contribution in [3.63, 3.8) is 0 Å². The molecule has 0 amide bonds. The van der Waals surface area contributed by atoms with E-state index in [9.17, 15) is 5.02 Å². The van der Waals surface area contributed by atoms with Crippen molar-refractivity contribution >= 4 is 7.32 Å². The summed E-state index contributed by atoms with van der Waals surface area (Å²) in [6, 6.07) is 8.99. The molecule has 0 saturated carbocycles. The van der Waals surface area contributed by atoms with Gasteiger partial charge in [0.2, 0.25) is 0 Å². The summed E-state index contributed by atoms with van der Waals surface area (Å²) in [5.74, 6) is 1.49. The highest BCUT2D eigenvalue weighted by atomic mass is 16.7. The third kappa shape index (κ3) is 7.79. The first-order valence-corrected chi connectivity index (χ1v) is 14.1. The maximum atomic E-state index is 10.9. The largest absolute Gasteiger partial charge is 0.785 e. The fourth-order valence-corrected chi connectivity index (χ4v) is 4.33. The van der Waals surface area contributed by atoms with Crippen molar-refractivity contribution in [2.75, 3.05) is 0 Å². The Morgan fingerprint density at radius 1 is 0.595 bits per heavy atom. The van der Waals surface area contributed by atoms with Gasteiger partial charge in [-0.3, -0.25) is 0 Å². The highest BCUT2D eigenvalue weighted by Crippen LogP contribution is 2.44. The van der Waals surface area contributed by atoms with Crippen LogP contribution in [0.3, 0.4) is 0 Å². The van der Waals surface area contributed by atoms with Gasteiger partial charge in [0.05, 0.1) is 0 Å². The number of unbranched alkanes of at least 4 members (excludes halogenated alkanes) is 1. The molecule has 0 aromatic heterocycles. The van der Waals surface area contributed by atoms with Gasteiger partial charge in [-0.15, -0.1) is 0 Å². The average Bonchev–Trinajstić information content (AvgIpc) is 2.71. The van der Waals surface area contributed by atoms with Gasteiger partial charge in [0.15, 0.2) is 0 Å². The van der Waals surface area contributed by atoms with E-state index >= 15 is 0 Å². The monoisotopic (exact) mass is 508 g/mol. The molecule has 0 bridgehead atoms. The molecule has 1 aliphatic heterocycles. The fourth-order valence-electron chi connectivity index (χ4n) is 4.33. The van der Waals surface area contributed by atoms with E-state index in [-0.39, 0.29) is 21.7 Å². The Balaban J connectivity index is 0.00000112. The lowest BCUT2D eigenvalue weighted by atomic mass is 9.76. The molecular weight excluding hydrogens is 455 g/mol. The molecule has 1 heterocycles. The van der Waals surface area contributed by atoms with Crippen LogP contribution in [-0.4, -0.2) is 12.3 Å². The molecule has 3 nitrogen and oxygen atoms in total. The Hall–Kier alpha value is -1.94. The Morgan fingerprint density at radius 3 is 1.16 bits per heavy atom. The Morgan fingerprint density at radius 2 is 0.919 bits per heavy atom. The van der Waals surface area contributed by atoms with Crippen LogP contribution < -0.4 is 9.31 Å². The van der Waals surface area contributed by atoms with Gasteiger partial charge in [0.1, 0.15) is 11.5 Å². The van der Waals surface area contributed by atoms with E-state index in [1.54, 1.807) is 0 Å². The molecule has 4 heteroatoms. The van der Waals surface area contributed by atoms with Crippen LogP contribution in [-0.2, 0) is 28.1 Å². The van der Waals surface area contributed by atoms with Gasteiger partial charge in [-0.2, -0.15) is 0 Å². The minimum atomic E-state index is -1.37. The highest BCUT2D eigenvalue weighted by molar-refractivity contribution is 6.37. The third-order valence-electron chi connectivity index (χ3n) is 7.00. The minimum absolute atomic E-state index is 0.000823. The van der Waals surface area contributed by atoms with Crippen LogP contribution in [0.15, 0.2) is 24.3 Å². The minimum Gasteiger partial charge on any atom is -0.500 e. The second-order valence-electron chi connectivity index (χ2n) is 14.7. The maximum absolute atomic E-state index is 10.9. The lowest BCUT2D eigenvalue weighted by molar-refractivity contribution is 0.285. The lowest BCUT2D eigenvalue weighted by Gasteiger charge is -2.33. The summed E-state index contributed by atoms with van der Waals surface area (Å²) in [5, 5.41) is 10.9. The SMILES string of the molecule is CC(C)(C)c1cc2c(c(C(C)(C)C)c1)OB(O)Oc1c(cc(C(C)(C)C)cc1C(C)(C)C)C2.CCCC. The van der Waals surface area contributed by atoms with Crippen LogP contribution >= 0.6 is 0 Å². The number of rotatable bonds is 1. The zero-order valence-corrected chi connectivity index (χ0v) is 26.3. The Labute approximate surface area is 228 Å². The van der Waals surface area contributed by atoms with E-state index in [0.29, 0.717) is 6.42 Å². The van der Waals surface area contributed by atoms with Gasteiger partial charge in [-0.25, -0.2) is 0 Å². The maximum Gasteiger partial charge on any atom is 0.785 e. The summed E-state index contributed by atoms with van der Waals surface area (Å²) >= 11 is 0. The topological polar surface area (TPSA) is 38.7 Å². The van der Waals surface area contributed by atoms with Crippen molar-refractivity contribution in [3.8, 4) is 11.5 Å². The van der Waals surface area contributed by atoms with E-state index in [0.717, 1.165) is 33.8 Å². The molecule has 37 heavy (non-hydrogen) atoms. The van der Waals surface area contributed by atoms with E-state index in [1.807, 2.05) is 0 Å². The first kappa shape index (κ1) is 31.3. The molecule has 2 aromatic rings. The summed E-state index contributed by atoms with van der Waals surface area (Å²) in [6.07, 6.45) is 3.33. The second-order valence-corrected chi connectivity index (χ2v) is 14.7. The normalized spacial score (nSPS) is 14.3. The van der Waals surface area contributed by atoms with Crippen LogP contribution in [0.2, 0.25) is 0 Å². The first-order chi connectivity index (χ1) is 16.7. The van der Waals surface area contributed by atoms with Crippen molar-refractivity contribution in [2.24, 2.45) is 0 Å². The predicted octanol–water partition coefficient (Wildman–Crippen LogP) is 9.02. The quantitative estimate of drug-likeness (QED) is 0.391. The van der Waals surface area contributed by atoms with Crippen LogP contribution in [0, 0.1) is 0 Å². The summed E-state index contributed by atoms with van der Waals surface area (Å²) in [4.78, 5) is 0. The second kappa shape index (κ2) is 11.0. The number of benzene rings is 2. The van der Waals surface area contributed by atoms with E-state index in [4.69, 9.17) is 9.31 Å². The van der Waals surface area contributed by atoms with Crippen molar-refractivity contribution in [1.82, 2.24) is 0 Å². The predicted molar refractivity (Wildman–Crippen MR) is 160 cm³/mol. The average molecular weight is 509 g/mol. The van der Waals surface area contributed by atoms with Gasteiger partial charge in [-0.05, 0) is 55.0 Å². The molecule has 2 aromatic carbocycles. The molecular formula is C33H53BO3. The standard InChI is InChI=1S/C29H43BO3.C4H10/c1-26(2,3)20-14-18-13-19-15-21(27(4,5)6)17-23(29(10,11)12)25(19)33-30(31)32-24(18)22(16-20)28(7,8)9;1-3-4-2/h14-17,31H,13H2,1-12H3;3-4H2,1-2H3. The highest BCUT2D eigenvalue weighted by Gasteiger charge is 2.36. The smallest absolute Gasteiger partial charge is 0.500 e. The van der Waals surface area contributed by atoms with E-state index in [1.165, 1.54) is 24.0 Å². The lowest BCUT2D eigenvalue weighted by Crippen LogP contribution is -2.34. The molecule has 3 rings (SSSR count). The van der Waals surface area contributed by atoms with Gasteiger partial charge in [0.25, 0.3) is 0 Å². The number of fused-ring (bicyclic) bond motifs is 2. The Kier molecular flexibility index (Phi) is 9.34. The third-order valence-corrected chi connectivity index (χ3v) is 7.00. The summed E-state index contributed by atoms with van der Waals surface area (Å²) < 4.78 is 12.2. The van der Waals surface area contributed by atoms with Crippen molar-refractivity contribution in [3.05, 3.63) is 57.6 Å². The number of hydrogen-bond donors (Lipinski definition) is 1. The number of hydrogen-bond acceptors (Lipinski definition) is 3. The molecule has 0 spiro atoms. The van der Waals surface area contributed by atoms with Gasteiger partial charge < -0.3 is 14.3 Å². The van der Waals surface area contributed by atoms with Crippen molar-refractivity contribution in [2.45, 2.75) is 138 Å². The molecule has 0 unspecified atom stereocenters. The molecule has 0 radical (unpaired) electrons. The molecule has 0 aliphatic carbocycles. The van der Waals surface area contributed by atoms with Crippen LogP contribution in [0.25, 0.3) is 0 Å². The molecule has 0 saturated heterocycles. The van der Waals surface area contributed by atoms with E-state index < -0.39 is 7.32 Å². The van der Waals surface area contributed by atoms with E-state index in [2.05, 4.69) is 121 Å². The summed E-state index contributed by atoms with van der Waals surface area (Å²) in [5.41, 5.74) is 6.65. The summed E-state index contributed by atoms with van der Waals surface area (Å²) in [6.45, 7) is 30.9. The van der Waals surface area contributed by atoms with Gasteiger partial charge in [-0.1, -0.05) is 134 Å². The summed E-state index contributed by atoms with van der Waals surface area (Å²) in [7, 11) is -1.37. The molecule has 0 atom stereocenters. The molecule has 206 valence electrons.